The number of benzene rings is 2. The van der Waals surface area contributed by atoms with E-state index in [2.05, 4.69) is 21.7 Å². The molecule has 2 aromatic rings. The van der Waals surface area contributed by atoms with Crippen molar-refractivity contribution in [1.29, 1.82) is 0 Å². The molecule has 2 aliphatic rings. The highest BCUT2D eigenvalue weighted by Crippen LogP contribution is 2.42. The van der Waals surface area contributed by atoms with Gasteiger partial charge in [0.2, 0.25) is 11.8 Å². The Kier molecular flexibility index (Phi) is 12.7. The maximum atomic E-state index is 13.2. The van der Waals surface area contributed by atoms with Crippen LogP contribution in [0.4, 0.5) is 11.4 Å². The zero-order valence-corrected chi connectivity index (χ0v) is 28.6. The van der Waals surface area contributed by atoms with Gasteiger partial charge in [-0.2, -0.15) is 0 Å². The van der Waals surface area contributed by atoms with Gasteiger partial charge in [0.25, 0.3) is 35.0 Å². The lowest BCUT2D eigenvalue weighted by atomic mass is 10.2. The maximum Gasteiger partial charge on any atom is 0.282 e. The average molecular weight is 761 g/mol. The number of carbonyl (C=O) groups excluding carboxylic acids is 6. The van der Waals surface area contributed by atoms with Crippen LogP contribution in [-0.2, 0) is 19.2 Å². The summed E-state index contributed by atoms with van der Waals surface area (Å²) in [7, 11) is 0. The summed E-state index contributed by atoms with van der Waals surface area (Å²) in [4.78, 5) is 98.8. The third-order valence-corrected chi connectivity index (χ3v) is 9.82. The van der Waals surface area contributed by atoms with Crippen LogP contribution < -0.4 is 21.7 Å². The van der Waals surface area contributed by atoms with Gasteiger partial charge in [-0.25, -0.2) is 0 Å². The molecule has 4 rings (SSSR count). The predicted octanol–water partition coefficient (Wildman–Crippen LogP) is 2.22. The molecule has 260 valence electrons. The van der Waals surface area contributed by atoms with Crippen LogP contribution in [0.2, 0.25) is 0 Å². The molecule has 0 spiro atoms. The van der Waals surface area contributed by atoms with E-state index in [1.165, 1.54) is 46.2 Å². The van der Waals surface area contributed by atoms with Crippen molar-refractivity contribution in [3.8, 4) is 0 Å². The average Bonchev–Trinajstić information content (AvgIpc) is 3.54. The van der Waals surface area contributed by atoms with E-state index in [1.54, 1.807) is 0 Å². The molecule has 0 saturated carbocycles. The third kappa shape index (κ3) is 9.02. The molecule has 0 aromatic heterocycles. The van der Waals surface area contributed by atoms with Crippen LogP contribution in [0, 0.1) is 20.2 Å². The molecule has 18 nitrogen and oxygen atoms in total. The quantitative estimate of drug-likeness (QED) is 0.105. The summed E-state index contributed by atoms with van der Waals surface area (Å²) in [5.41, 5.74) is 7.21. The number of hydrogen-bond donors (Lipinski definition) is 4. The molecular formula is C28H24N8O10S4. The van der Waals surface area contributed by atoms with Gasteiger partial charge >= 0.3 is 0 Å². The van der Waals surface area contributed by atoms with Crippen molar-refractivity contribution in [3.05, 3.63) is 89.7 Å². The molecule has 2 heterocycles. The summed E-state index contributed by atoms with van der Waals surface area (Å²) >= 11 is 12.4. The first kappa shape index (κ1) is 37.5. The fraction of sp³-hybridized carbons (Fsp3) is 0.214. The number of hydrogen-bond acceptors (Lipinski definition) is 14. The Hall–Kier alpha value is -5.32. The monoisotopic (exact) mass is 760 g/mol. The van der Waals surface area contributed by atoms with E-state index in [4.69, 9.17) is 24.4 Å². The molecule has 0 unspecified atom stereocenters. The van der Waals surface area contributed by atoms with Crippen LogP contribution in [-0.4, -0.2) is 76.8 Å². The topological polar surface area (TPSA) is 243 Å². The van der Waals surface area contributed by atoms with Gasteiger partial charge in [-0.1, -0.05) is 72.2 Å². The Bertz CT molecular complexity index is 1740. The largest absolute Gasteiger partial charge is 0.293 e. The van der Waals surface area contributed by atoms with Crippen molar-refractivity contribution >= 4 is 103 Å². The number of amides is 6. The van der Waals surface area contributed by atoms with Gasteiger partial charge in [0.1, 0.15) is 19.8 Å². The van der Waals surface area contributed by atoms with E-state index < -0.39 is 56.7 Å². The molecular weight excluding hydrogens is 737 g/mol. The summed E-state index contributed by atoms with van der Waals surface area (Å²) in [5, 5.41) is 22.2. The molecule has 50 heavy (non-hydrogen) atoms. The summed E-state index contributed by atoms with van der Waals surface area (Å²) < 4.78 is 0.305. The highest BCUT2D eigenvalue weighted by atomic mass is 32.2. The van der Waals surface area contributed by atoms with Crippen molar-refractivity contribution in [2.75, 3.05) is 13.1 Å². The minimum atomic E-state index is -0.884. The van der Waals surface area contributed by atoms with Crippen LogP contribution in [0.3, 0.4) is 0 Å². The number of thioether (sulfide) groups is 2. The minimum absolute atomic E-state index is 0.0171. The van der Waals surface area contributed by atoms with Crippen molar-refractivity contribution in [2.24, 2.45) is 0 Å². The second kappa shape index (κ2) is 16.9. The van der Waals surface area contributed by atoms with E-state index >= 15 is 0 Å². The predicted molar refractivity (Wildman–Crippen MR) is 187 cm³/mol. The fourth-order valence-electron chi connectivity index (χ4n) is 4.41. The number of nitrogens with zero attached hydrogens (tertiary/aromatic N) is 4. The van der Waals surface area contributed by atoms with Gasteiger partial charge in [-0.3, -0.25) is 80.5 Å². The summed E-state index contributed by atoms with van der Waals surface area (Å²) in [6.07, 6.45) is -0.0402. The van der Waals surface area contributed by atoms with E-state index in [1.807, 2.05) is 0 Å². The third-order valence-electron chi connectivity index (χ3n) is 6.80. The summed E-state index contributed by atoms with van der Waals surface area (Å²) in [6, 6.07) is 10.4. The first-order valence-corrected chi connectivity index (χ1v) is 16.7. The van der Waals surface area contributed by atoms with Gasteiger partial charge < -0.3 is 0 Å². The first-order chi connectivity index (χ1) is 23.8. The normalized spacial score (nSPS) is 15.6. The Balaban J connectivity index is 1.23. The maximum absolute atomic E-state index is 13.2. The molecule has 2 aromatic carbocycles. The summed E-state index contributed by atoms with van der Waals surface area (Å²) in [6.45, 7) is 0.0342. The Morgan fingerprint density at radius 2 is 1.00 bits per heavy atom. The number of nitro groups is 2. The van der Waals surface area contributed by atoms with Gasteiger partial charge in [0.05, 0.1) is 19.7 Å². The van der Waals surface area contributed by atoms with Crippen molar-refractivity contribution in [3.63, 3.8) is 0 Å². The number of nitro benzene ring substituents is 2. The molecule has 6 amide bonds. The summed E-state index contributed by atoms with van der Waals surface area (Å²) in [5.74, 6) is -4.13. The minimum Gasteiger partial charge on any atom is -0.293 e. The molecule has 0 radical (unpaired) electrons. The number of rotatable bonds is 12. The Labute approximate surface area is 301 Å². The van der Waals surface area contributed by atoms with Crippen LogP contribution in [0.1, 0.15) is 46.4 Å². The second-order valence-electron chi connectivity index (χ2n) is 10.1. The highest BCUT2D eigenvalue weighted by molar-refractivity contribution is 8.29. The Morgan fingerprint density at radius 3 is 1.36 bits per heavy atom. The lowest BCUT2D eigenvalue weighted by molar-refractivity contribution is -0.385. The second-order valence-corrected chi connectivity index (χ2v) is 13.4. The zero-order chi connectivity index (χ0) is 36.5. The van der Waals surface area contributed by atoms with E-state index in [0.29, 0.717) is 0 Å². The molecule has 22 heteroatoms. The zero-order valence-electron chi connectivity index (χ0n) is 25.4. The molecule has 0 aliphatic carbocycles. The lowest BCUT2D eigenvalue weighted by Gasteiger charge is -2.15. The Morgan fingerprint density at radius 1 is 0.640 bits per heavy atom. The van der Waals surface area contributed by atoms with Crippen molar-refractivity contribution < 1.29 is 38.6 Å². The van der Waals surface area contributed by atoms with Gasteiger partial charge in [-0.05, 0) is 25.0 Å². The highest BCUT2D eigenvalue weighted by Gasteiger charge is 2.41. The van der Waals surface area contributed by atoms with Gasteiger partial charge in [-0.15, -0.1) is 0 Å². The number of para-hydroxylation sites is 2. The fourth-order valence-corrected chi connectivity index (χ4v) is 7.18. The van der Waals surface area contributed by atoms with Crippen molar-refractivity contribution in [2.45, 2.75) is 25.7 Å². The SMILES string of the molecule is O=C(CCCN1C(=O)C(=C2SC(=S)N(CCCC(=O)NNC(=O)c3ccccc3[N+](=O)[O-])C2=O)SC1=S)NNC(=O)c1ccccc1[N+](=O)[O-]. The van der Waals surface area contributed by atoms with Gasteiger partial charge in [0.15, 0.2) is 0 Å². The van der Waals surface area contributed by atoms with E-state index in [0.717, 1.165) is 35.7 Å². The van der Waals surface area contributed by atoms with Crippen LogP contribution in [0.25, 0.3) is 0 Å². The number of hydrazine groups is 2. The molecule has 0 atom stereocenters. The lowest BCUT2D eigenvalue weighted by Crippen LogP contribution is -2.42. The smallest absolute Gasteiger partial charge is 0.282 e. The van der Waals surface area contributed by atoms with Crippen LogP contribution in [0.5, 0.6) is 0 Å². The van der Waals surface area contributed by atoms with E-state index in [9.17, 15) is 49.0 Å². The molecule has 2 fully saturated rings. The molecule has 2 aliphatic heterocycles. The number of nitrogens with one attached hydrogen (secondary N) is 4. The van der Waals surface area contributed by atoms with E-state index in [-0.39, 0.29) is 68.4 Å². The van der Waals surface area contributed by atoms with Crippen molar-refractivity contribution in [1.82, 2.24) is 31.5 Å². The molecule has 2 saturated heterocycles. The molecule has 0 bridgehead atoms. The van der Waals surface area contributed by atoms with Gasteiger partial charge in [0, 0.05) is 38.1 Å². The number of thiocarbonyl (C=S) groups is 2. The standard InChI is InChI=1S/C28H24N8O10S4/c37-19(29-31-23(39)15-7-1-3-9-17(15)35(43)44)11-5-13-33-25(41)21(49-27(33)47)22-26(42)34(28(48)50-22)14-6-12-20(38)30-32-24(40)16-8-2-4-10-18(16)36(45)46/h1-4,7-10H,5-6,11-14H2,(H,29,37)(H,30,38)(H,31,39)(H,32,40). The van der Waals surface area contributed by atoms with Crippen LogP contribution in [0.15, 0.2) is 58.3 Å². The molecule has 4 N–H and O–H groups in total. The first-order valence-electron chi connectivity index (χ1n) is 14.3. The number of carbonyl (C=O) groups is 6. The van der Waals surface area contributed by atoms with Crippen LogP contribution >= 0.6 is 48.0 Å².